The monoisotopic (exact) mass is 365 g/mol. The summed E-state index contributed by atoms with van der Waals surface area (Å²) in [7, 11) is 0. The summed E-state index contributed by atoms with van der Waals surface area (Å²) in [6.45, 7) is 17.1. The lowest BCUT2D eigenvalue weighted by molar-refractivity contribution is 0.159. The first-order valence-corrected chi connectivity index (χ1v) is 10.5. The zero-order chi connectivity index (χ0) is 18.2. The molecule has 1 saturated heterocycles. The number of aliphatic imine (C=N–C) groups is 1. The molecule has 2 N–H and O–H groups in total. The molecule has 2 heterocycles. The number of piperidine rings is 1. The number of aromatic nitrogens is 1. The van der Waals surface area contributed by atoms with E-state index >= 15 is 0 Å². The van der Waals surface area contributed by atoms with Gasteiger partial charge < -0.3 is 15.5 Å². The fraction of sp³-hybridized carbons (Fsp3) is 0.789. The van der Waals surface area contributed by atoms with Crippen LogP contribution >= 0.6 is 11.3 Å². The van der Waals surface area contributed by atoms with Crippen molar-refractivity contribution in [2.75, 3.05) is 32.7 Å². The standard InChI is InChI=1S/C19H35N5S/c1-6-20-19(22-11-18-23-15(4)16(5)25-18)21-10-17-8-7-9-24(13-17)12-14(2)3/h14,17H,6-13H2,1-5H3,(H2,20,21,22). The fourth-order valence-corrected chi connectivity index (χ4v) is 4.19. The van der Waals surface area contributed by atoms with E-state index < -0.39 is 0 Å². The minimum atomic E-state index is 0.652. The second kappa shape index (κ2) is 10.1. The molecule has 1 aliphatic rings. The lowest BCUT2D eigenvalue weighted by atomic mass is 9.97. The van der Waals surface area contributed by atoms with Crippen LogP contribution in [0.5, 0.6) is 0 Å². The quantitative estimate of drug-likeness (QED) is 0.576. The highest BCUT2D eigenvalue weighted by atomic mass is 32.1. The van der Waals surface area contributed by atoms with Crippen LogP contribution in [-0.2, 0) is 6.54 Å². The number of thiazole rings is 1. The number of rotatable bonds is 7. The van der Waals surface area contributed by atoms with E-state index in [1.165, 1.54) is 37.4 Å². The predicted octanol–water partition coefficient (Wildman–Crippen LogP) is 3.18. The average molecular weight is 366 g/mol. The van der Waals surface area contributed by atoms with Crippen molar-refractivity contribution in [2.24, 2.45) is 16.8 Å². The van der Waals surface area contributed by atoms with Gasteiger partial charge in [-0.25, -0.2) is 9.98 Å². The van der Waals surface area contributed by atoms with Crippen LogP contribution in [0.25, 0.3) is 0 Å². The van der Waals surface area contributed by atoms with Gasteiger partial charge in [0.15, 0.2) is 5.96 Å². The highest BCUT2D eigenvalue weighted by Crippen LogP contribution is 2.18. The summed E-state index contributed by atoms with van der Waals surface area (Å²) in [6.07, 6.45) is 2.62. The van der Waals surface area contributed by atoms with Crippen molar-refractivity contribution in [1.82, 2.24) is 20.5 Å². The third-order valence-corrected chi connectivity index (χ3v) is 5.63. The number of hydrogen-bond acceptors (Lipinski definition) is 4. The van der Waals surface area contributed by atoms with Gasteiger partial charge >= 0.3 is 0 Å². The first kappa shape index (κ1) is 20.2. The molecule has 25 heavy (non-hydrogen) atoms. The normalized spacial score (nSPS) is 19.4. The smallest absolute Gasteiger partial charge is 0.191 e. The van der Waals surface area contributed by atoms with Gasteiger partial charge in [-0.15, -0.1) is 11.3 Å². The number of nitrogens with zero attached hydrogens (tertiary/aromatic N) is 3. The number of guanidine groups is 1. The van der Waals surface area contributed by atoms with Crippen LogP contribution in [0.2, 0.25) is 0 Å². The maximum atomic E-state index is 4.72. The van der Waals surface area contributed by atoms with Crippen molar-refractivity contribution < 1.29 is 0 Å². The second-order valence-corrected chi connectivity index (χ2v) is 8.77. The number of nitrogens with one attached hydrogen (secondary N) is 2. The van der Waals surface area contributed by atoms with E-state index in [0.717, 1.165) is 35.7 Å². The maximum absolute atomic E-state index is 4.72. The fourth-order valence-electron chi connectivity index (χ4n) is 3.34. The van der Waals surface area contributed by atoms with Gasteiger partial charge in [0.25, 0.3) is 0 Å². The summed E-state index contributed by atoms with van der Waals surface area (Å²) in [5.41, 5.74) is 1.13. The molecule has 1 aromatic rings. The first-order chi connectivity index (χ1) is 12.0. The molecule has 1 unspecified atom stereocenters. The highest BCUT2D eigenvalue weighted by molar-refractivity contribution is 7.11. The molecule has 0 aliphatic carbocycles. The van der Waals surface area contributed by atoms with Crippen molar-refractivity contribution >= 4 is 17.3 Å². The van der Waals surface area contributed by atoms with Crippen molar-refractivity contribution in [1.29, 1.82) is 0 Å². The van der Waals surface area contributed by atoms with E-state index in [-0.39, 0.29) is 0 Å². The molecule has 6 heteroatoms. The van der Waals surface area contributed by atoms with Crippen molar-refractivity contribution in [2.45, 2.75) is 54.0 Å². The third kappa shape index (κ3) is 6.94. The van der Waals surface area contributed by atoms with Gasteiger partial charge in [0.2, 0.25) is 0 Å². The molecule has 142 valence electrons. The van der Waals surface area contributed by atoms with Crippen LogP contribution < -0.4 is 10.6 Å². The summed E-state index contributed by atoms with van der Waals surface area (Å²) >= 11 is 1.75. The predicted molar refractivity (Wildman–Crippen MR) is 108 cm³/mol. The molecule has 2 rings (SSSR count). The first-order valence-electron chi connectivity index (χ1n) is 9.65. The van der Waals surface area contributed by atoms with Crippen molar-refractivity contribution in [3.63, 3.8) is 0 Å². The van der Waals surface area contributed by atoms with Gasteiger partial charge in [0, 0.05) is 31.1 Å². The van der Waals surface area contributed by atoms with Crippen molar-refractivity contribution in [3.05, 3.63) is 15.6 Å². The third-order valence-electron chi connectivity index (χ3n) is 4.57. The van der Waals surface area contributed by atoms with Gasteiger partial charge in [0.1, 0.15) is 5.01 Å². The number of hydrogen-bond donors (Lipinski definition) is 2. The van der Waals surface area contributed by atoms with Crippen molar-refractivity contribution in [3.8, 4) is 0 Å². The Hall–Kier alpha value is -1.14. The Balaban J connectivity index is 1.84. The molecule has 1 aliphatic heterocycles. The number of aryl methyl sites for hydroxylation is 2. The van der Waals surface area contributed by atoms with E-state index in [9.17, 15) is 0 Å². The van der Waals surface area contributed by atoms with Gasteiger partial charge in [-0.3, -0.25) is 0 Å². The molecule has 1 atom stereocenters. The van der Waals surface area contributed by atoms with E-state index in [4.69, 9.17) is 4.99 Å². The largest absolute Gasteiger partial charge is 0.357 e. The molecule has 0 amide bonds. The number of likely N-dealkylation sites (tertiary alicyclic amines) is 1. The summed E-state index contributed by atoms with van der Waals surface area (Å²) in [5.74, 6) is 2.37. The van der Waals surface area contributed by atoms with E-state index in [1.54, 1.807) is 11.3 Å². The average Bonchev–Trinajstić information content (AvgIpc) is 2.88. The van der Waals surface area contributed by atoms with Crippen LogP contribution in [0.15, 0.2) is 4.99 Å². The summed E-state index contributed by atoms with van der Waals surface area (Å²) < 4.78 is 0. The second-order valence-electron chi connectivity index (χ2n) is 7.49. The van der Waals surface area contributed by atoms with Gasteiger partial charge in [0.05, 0.1) is 12.2 Å². The van der Waals surface area contributed by atoms with Gasteiger partial charge in [-0.2, -0.15) is 0 Å². The molecule has 0 bridgehead atoms. The van der Waals surface area contributed by atoms with Crippen LogP contribution in [-0.4, -0.2) is 48.6 Å². The molecule has 0 radical (unpaired) electrons. The Labute approximate surface area is 157 Å². The van der Waals surface area contributed by atoms with Crippen LogP contribution in [0.4, 0.5) is 0 Å². The highest BCUT2D eigenvalue weighted by Gasteiger charge is 2.20. The van der Waals surface area contributed by atoms with Crippen LogP contribution in [0.1, 0.15) is 49.2 Å². The molecule has 1 fully saturated rings. The molecule has 5 nitrogen and oxygen atoms in total. The zero-order valence-corrected chi connectivity index (χ0v) is 17.4. The summed E-state index contributed by atoms with van der Waals surface area (Å²) in [6, 6.07) is 0. The zero-order valence-electron chi connectivity index (χ0n) is 16.6. The topological polar surface area (TPSA) is 52.6 Å². The Morgan fingerprint density at radius 1 is 1.36 bits per heavy atom. The Kier molecular flexibility index (Phi) is 8.16. The van der Waals surface area contributed by atoms with Gasteiger partial charge in [-0.05, 0) is 52.0 Å². The van der Waals surface area contributed by atoms with E-state index in [2.05, 4.69) is 55.1 Å². The minimum absolute atomic E-state index is 0.652. The van der Waals surface area contributed by atoms with E-state index in [1.807, 2.05) is 0 Å². The van der Waals surface area contributed by atoms with Crippen LogP contribution in [0.3, 0.4) is 0 Å². The SMILES string of the molecule is CCNC(=NCc1nc(C)c(C)s1)NCC1CCCN(CC(C)C)C1. The minimum Gasteiger partial charge on any atom is -0.357 e. The molecule has 0 saturated carbocycles. The molecule has 0 spiro atoms. The molecule has 0 aromatic carbocycles. The van der Waals surface area contributed by atoms with E-state index in [0.29, 0.717) is 12.5 Å². The molecular weight excluding hydrogens is 330 g/mol. The molecular formula is C19H35N5S. The summed E-state index contributed by atoms with van der Waals surface area (Å²) in [4.78, 5) is 13.2. The lowest BCUT2D eigenvalue weighted by Gasteiger charge is -2.34. The van der Waals surface area contributed by atoms with Gasteiger partial charge in [-0.1, -0.05) is 13.8 Å². The Morgan fingerprint density at radius 3 is 2.80 bits per heavy atom. The summed E-state index contributed by atoms with van der Waals surface area (Å²) in [5, 5.41) is 8.00. The Bertz CT molecular complexity index is 533. The maximum Gasteiger partial charge on any atom is 0.191 e. The lowest BCUT2D eigenvalue weighted by Crippen LogP contribution is -2.45. The Morgan fingerprint density at radius 2 is 2.16 bits per heavy atom. The molecule has 1 aromatic heterocycles. The van der Waals surface area contributed by atoms with Crippen LogP contribution in [0, 0.1) is 25.7 Å².